The second-order valence-electron chi connectivity index (χ2n) is 1.44. The van der Waals surface area contributed by atoms with Gasteiger partial charge in [0, 0.05) is 0 Å². The van der Waals surface area contributed by atoms with Crippen molar-refractivity contribution in [2.45, 2.75) is 32.8 Å². The molecule has 7 heavy (non-hydrogen) atoms. The summed E-state index contributed by atoms with van der Waals surface area (Å²) in [6.45, 7) is 3.84. The molecule has 0 aromatic heterocycles. The predicted molar refractivity (Wildman–Crippen MR) is 24.4 cm³/mol. The monoisotopic (exact) mass is 110 g/mol. The van der Waals surface area contributed by atoms with E-state index in [4.69, 9.17) is 0 Å². The SMILES string of the molecule is CCC([O-])CC.[Na+]. The van der Waals surface area contributed by atoms with Crippen molar-refractivity contribution in [2.75, 3.05) is 0 Å². The summed E-state index contributed by atoms with van der Waals surface area (Å²) in [6.07, 6.45) is 1.23. The van der Waals surface area contributed by atoms with Gasteiger partial charge in [-0.1, -0.05) is 26.7 Å². The zero-order chi connectivity index (χ0) is 4.99. The minimum absolute atomic E-state index is 0. The Labute approximate surface area is 67.4 Å². The average molecular weight is 110 g/mol. The largest absolute Gasteiger partial charge is 1.00 e. The summed E-state index contributed by atoms with van der Waals surface area (Å²) in [4.78, 5) is 0. The van der Waals surface area contributed by atoms with E-state index in [1.165, 1.54) is 0 Å². The molecule has 0 radical (unpaired) electrons. The Morgan fingerprint density at radius 1 is 1.29 bits per heavy atom. The van der Waals surface area contributed by atoms with E-state index in [1.807, 2.05) is 13.8 Å². The Balaban J connectivity index is 0. The van der Waals surface area contributed by atoms with Crippen molar-refractivity contribution in [2.24, 2.45) is 0 Å². The third kappa shape index (κ3) is 6.96. The van der Waals surface area contributed by atoms with Gasteiger partial charge in [0.15, 0.2) is 0 Å². The second-order valence-corrected chi connectivity index (χ2v) is 1.44. The summed E-state index contributed by atoms with van der Waals surface area (Å²) in [5, 5.41) is 10.3. The molecule has 0 heterocycles. The molecule has 0 aromatic rings. The van der Waals surface area contributed by atoms with Gasteiger partial charge in [-0.3, -0.25) is 0 Å². The summed E-state index contributed by atoms with van der Waals surface area (Å²) in [7, 11) is 0. The first-order valence-corrected chi connectivity index (χ1v) is 2.47. The van der Waals surface area contributed by atoms with Gasteiger partial charge in [0.1, 0.15) is 0 Å². The molecule has 0 aliphatic heterocycles. The van der Waals surface area contributed by atoms with Crippen LogP contribution in [0.5, 0.6) is 0 Å². The summed E-state index contributed by atoms with van der Waals surface area (Å²) >= 11 is 0. The third-order valence-electron chi connectivity index (χ3n) is 0.911. The van der Waals surface area contributed by atoms with Crippen molar-refractivity contribution >= 4 is 0 Å². The average Bonchev–Trinajstić information content (AvgIpc) is 1.65. The summed E-state index contributed by atoms with van der Waals surface area (Å²) in [5.74, 6) is 0. The van der Waals surface area contributed by atoms with Crippen LogP contribution in [0.4, 0.5) is 0 Å². The topological polar surface area (TPSA) is 23.1 Å². The van der Waals surface area contributed by atoms with Crippen molar-refractivity contribution in [3.05, 3.63) is 0 Å². The first-order chi connectivity index (χ1) is 2.81. The van der Waals surface area contributed by atoms with Gasteiger partial charge in [-0.05, 0) is 0 Å². The molecule has 38 valence electrons. The maximum atomic E-state index is 10.3. The Kier molecular flexibility index (Phi) is 10.8. The number of hydrogen-bond acceptors (Lipinski definition) is 1. The van der Waals surface area contributed by atoms with E-state index < -0.39 is 0 Å². The molecule has 2 heteroatoms. The van der Waals surface area contributed by atoms with E-state index in [0.717, 1.165) is 12.8 Å². The van der Waals surface area contributed by atoms with Gasteiger partial charge in [0.05, 0.1) is 0 Å². The van der Waals surface area contributed by atoms with E-state index >= 15 is 0 Å². The molecule has 0 amide bonds. The van der Waals surface area contributed by atoms with Gasteiger partial charge in [-0.15, -0.1) is 6.10 Å². The van der Waals surface area contributed by atoms with Crippen LogP contribution in [-0.4, -0.2) is 6.10 Å². The van der Waals surface area contributed by atoms with E-state index in [1.54, 1.807) is 0 Å². The molecule has 0 saturated carbocycles. The van der Waals surface area contributed by atoms with Crippen molar-refractivity contribution in [3.8, 4) is 0 Å². The quantitative estimate of drug-likeness (QED) is 0.361. The van der Waals surface area contributed by atoms with Gasteiger partial charge >= 0.3 is 29.6 Å². The molecule has 1 nitrogen and oxygen atoms in total. The smallest absolute Gasteiger partial charge is 0.852 e. The van der Waals surface area contributed by atoms with E-state index in [9.17, 15) is 5.11 Å². The number of rotatable bonds is 2. The minimum atomic E-state index is -0.315. The summed E-state index contributed by atoms with van der Waals surface area (Å²) in [6, 6.07) is 0. The van der Waals surface area contributed by atoms with Crippen LogP contribution in [0, 0.1) is 0 Å². The van der Waals surface area contributed by atoms with Crippen LogP contribution in [-0.2, 0) is 0 Å². The Hall–Kier alpha value is 0.960. The molecule has 0 fully saturated rings. The Bertz CT molecular complexity index is 27.3. The first kappa shape index (κ1) is 10.9. The molecule has 0 spiro atoms. The van der Waals surface area contributed by atoms with E-state index in [2.05, 4.69) is 0 Å². The second kappa shape index (κ2) is 6.96. The molecule has 0 N–H and O–H groups in total. The van der Waals surface area contributed by atoms with E-state index in [-0.39, 0.29) is 35.7 Å². The van der Waals surface area contributed by atoms with Crippen molar-refractivity contribution < 1.29 is 34.7 Å². The van der Waals surface area contributed by atoms with Crippen molar-refractivity contribution in [1.82, 2.24) is 0 Å². The Morgan fingerprint density at radius 3 is 1.57 bits per heavy atom. The molecule has 0 unspecified atom stereocenters. The molecule has 0 aliphatic rings. The molecule has 0 saturated heterocycles. The maximum Gasteiger partial charge on any atom is 1.00 e. The van der Waals surface area contributed by atoms with E-state index in [0.29, 0.717) is 0 Å². The van der Waals surface area contributed by atoms with Crippen LogP contribution < -0.4 is 34.7 Å². The first-order valence-electron chi connectivity index (χ1n) is 2.47. The third-order valence-corrected chi connectivity index (χ3v) is 0.911. The van der Waals surface area contributed by atoms with Gasteiger partial charge in [0.25, 0.3) is 0 Å². The Morgan fingerprint density at radius 2 is 1.57 bits per heavy atom. The van der Waals surface area contributed by atoms with Crippen molar-refractivity contribution in [3.63, 3.8) is 0 Å². The minimum Gasteiger partial charge on any atom is -0.852 e. The maximum absolute atomic E-state index is 10.3. The van der Waals surface area contributed by atoms with Crippen LogP contribution in [0.3, 0.4) is 0 Å². The fraction of sp³-hybridized carbons (Fsp3) is 1.00. The molecular formula is C5H11NaO. The van der Waals surface area contributed by atoms with Gasteiger partial charge < -0.3 is 5.11 Å². The molecular weight excluding hydrogens is 99.0 g/mol. The standard InChI is InChI=1S/C5H11O.Na/c1-3-5(6)4-2;/h5H,3-4H2,1-2H3;/q-1;+1. The molecule has 0 aromatic carbocycles. The normalized spacial score (nSPS) is 8.57. The van der Waals surface area contributed by atoms with Gasteiger partial charge in [-0.2, -0.15) is 0 Å². The van der Waals surface area contributed by atoms with Crippen LogP contribution in [0.2, 0.25) is 0 Å². The zero-order valence-electron chi connectivity index (χ0n) is 5.40. The van der Waals surface area contributed by atoms with Crippen LogP contribution in [0.1, 0.15) is 26.7 Å². The van der Waals surface area contributed by atoms with Crippen molar-refractivity contribution in [1.29, 1.82) is 0 Å². The summed E-state index contributed by atoms with van der Waals surface area (Å²) < 4.78 is 0. The van der Waals surface area contributed by atoms with Gasteiger partial charge in [-0.25, -0.2) is 0 Å². The predicted octanol–water partition coefficient (Wildman–Crippen LogP) is -2.46. The summed E-state index contributed by atoms with van der Waals surface area (Å²) in [5.41, 5.74) is 0. The molecule has 0 bridgehead atoms. The van der Waals surface area contributed by atoms with Gasteiger partial charge in [0.2, 0.25) is 0 Å². The van der Waals surface area contributed by atoms with Crippen LogP contribution in [0.15, 0.2) is 0 Å². The van der Waals surface area contributed by atoms with Crippen LogP contribution >= 0.6 is 0 Å². The molecule has 0 rings (SSSR count). The fourth-order valence-corrected chi connectivity index (χ4v) is 0.289. The fourth-order valence-electron chi connectivity index (χ4n) is 0.289. The molecule has 0 aliphatic carbocycles. The number of hydrogen-bond donors (Lipinski definition) is 0. The van der Waals surface area contributed by atoms with Crippen LogP contribution in [0.25, 0.3) is 0 Å². The zero-order valence-corrected chi connectivity index (χ0v) is 7.40. The molecule has 0 atom stereocenters.